The van der Waals surface area contributed by atoms with Crippen molar-refractivity contribution >= 4 is 27.3 Å². The predicted molar refractivity (Wildman–Crippen MR) is 86.8 cm³/mol. The molecular weight excluding hydrogens is 324 g/mol. The molecule has 22 heavy (non-hydrogen) atoms. The Labute approximate surface area is 135 Å². The maximum absolute atomic E-state index is 12.5. The molecule has 1 amide bonds. The molecule has 2 rings (SSSR count). The van der Waals surface area contributed by atoms with Crippen molar-refractivity contribution in [1.82, 2.24) is 9.62 Å². The van der Waals surface area contributed by atoms with Gasteiger partial charge in [0.05, 0.1) is 23.3 Å². The number of nitrogens with one attached hydrogen (secondary N) is 1. The van der Waals surface area contributed by atoms with E-state index in [0.29, 0.717) is 30.9 Å². The van der Waals surface area contributed by atoms with Gasteiger partial charge in [0.1, 0.15) is 0 Å². The van der Waals surface area contributed by atoms with Gasteiger partial charge in [0.15, 0.2) is 0 Å². The molecule has 6 nitrogen and oxygen atoms in total. The lowest BCUT2D eigenvalue weighted by Gasteiger charge is -2.35. The molecule has 0 unspecified atom stereocenters. The smallest absolute Gasteiger partial charge is 0.264 e. The SMILES string of the molecule is C[C@@H]1CN(C(=O)c2ccc(CCNS(C)(=O)=O)s2)C[C@H](C)O1. The van der Waals surface area contributed by atoms with Crippen LogP contribution < -0.4 is 4.72 Å². The van der Waals surface area contributed by atoms with E-state index in [4.69, 9.17) is 4.74 Å². The second-order valence-corrected chi connectivity index (χ2v) is 8.65. The number of ether oxygens (including phenoxy) is 1. The minimum Gasteiger partial charge on any atom is -0.372 e. The second kappa shape index (κ2) is 7.08. The van der Waals surface area contributed by atoms with Gasteiger partial charge in [-0.2, -0.15) is 0 Å². The van der Waals surface area contributed by atoms with Gasteiger partial charge in [-0.25, -0.2) is 13.1 Å². The summed E-state index contributed by atoms with van der Waals surface area (Å²) in [6.45, 7) is 5.48. The van der Waals surface area contributed by atoms with Crippen molar-refractivity contribution in [2.75, 3.05) is 25.9 Å². The number of rotatable bonds is 5. The van der Waals surface area contributed by atoms with E-state index in [1.54, 1.807) is 0 Å². The van der Waals surface area contributed by atoms with Crippen LogP contribution in [-0.2, 0) is 21.2 Å². The molecule has 0 aliphatic carbocycles. The molecule has 0 spiro atoms. The summed E-state index contributed by atoms with van der Waals surface area (Å²) in [7, 11) is -3.17. The fraction of sp³-hybridized carbons (Fsp3) is 0.643. The Morgan fingerprint density at radius 1 is 1.36 bits per heavy atom. The van der Waals surface area contributed by atoms with E-state index in [1.165, 1.54) is 11.3 Å². The lowest BCUT2D eigenvalue weighted by molar-refractivity contribution is -0.0585. The van der Waals surface area contributed by atoms with Crippen molar-refractivity contribution in [3.05, 3.63) is 21.9 Å². The minimum atomic E-state index is -3.17. The van der Waals surface area contributed by atoms with Crippen LogP contribution in [0.2, 0.25) is 0 Å². The molecule has 0 aromatic carbocycles. The van der Waals surface area contributed by atoms with E-state index < -0.39 is 10.0 Å². The Bertz CT molecular complexity index is 617. The predicted octanol–water partition coefficient (Wildman–Crippen LogP) is 1.09. The standard InChI is InChI=1S/C14H22N2O4S2/c1-10-8-16(9-11(2)20-10)14(17)13-5-4-12(21-13)6-7-15-22(3,18)19/h4-5,10-11,15H,6-9H2,1-3H3/t10-,11+. The molecule has 0 bridgehead atoms. The third kappa shape index (κ3) is 5.05. The maximum Gasteiger partial charge on any atom is 0.264 e. The minimum absolute atomic E-state index is 0.0225. The van der Waals surface area contributed by atoms with Gasteiger partial charge in [0.2, 0.25) is 10.0 Å². The van der Waals surface area contributed by atoms with Crippen LogP contribution in [0, 0.1) is 0 Å². The largest absolute Gasteiger partial charge is 0.372 e. The topological polar surface area (TPSA) is 75.7 Å². The Balaban J connectivity index is 1.94. The van der Waals surface area contributed by atoms with Crippen LogP contribution in [0.15, 0.2) is 12.1 Å². The van der Waals surface area contributed by atoms with Crippen molar-refractivity contribution in [1.29, 1.82) is 0 Å². The highest BCUT2D eigenvalue weighted by atomic mass is 32.2. The molecule has 1 saturated heterocycles. The highest BCUT2D eigenvalue weighted by Gasteiger charge is 2.27. The van der Waals surface area contributed by atoms with Crippen LogP contribution in [0.4, 0.5) is 0 Å². The molecule has 124 valence electrons. The first kappa shape index (κ1) is 17.4. The van der Waals surface area contributed by atoms with E-state index in [1.807, 2.05) is 30.9 Å². The zero-order chi connectivity index (χ0) is 16.3. The molecular formula is C14H22N2O4S2. The summed E-state index contributed by atoms with van der Waals surface area (Å²) >= 11 is 1.42. The number of carbonyl (C=O) groups is 1. The quantitative estimate of drug-likeness (QED) is 0.866. The van der Waals surface area contributed by atoms with Crippen LogP contribution in [0.5, 0.6) is 0 Å². The summed E-state index contributed by atoms with van der Waals surface area (Å²) in [6, 6.07) is 3.70. The second-order valence-electron chi connectivity index (χ2n) is 5.65. The molecule has 1 N–H and O–H groups in total. The first-order chi connectivity index (χ1) is 10.2. The van der Waals surface area contributed by atoms with Gasteiger partial charge in [0, 0.05) is 24.5 Å². The van der Waals surface area contributed by atoms with Gasteiger partial charge in [0.25, 0.3) is 5.91 Å². The van der Waals surface area contributed by atoms with Crippen molar-refractivity contribution in [2.45, 2.75) is 32.5 Å². The van der Waals surface area contributed by atoms with Crippen LogP contribution in [0.1, 0.15) is 28.4 Å². The number of hydrogen-bond donors (Lipinski definition) is 1. The zero-order valence-electron chi connectivity index (χ0n) is 13.0. The Morgan fingerprint density at radius 3 is 2.59 bits per heavy atom. The number of amides is 1. The summed E-state index contributed by atoms with van der Waals surface area (Å²) in [5, 5.41) is 0. The van der Waals surface area contributed by atoms with Gasteiger partial charge in [-0.1, -0.05) is 0 Å². The van der Waals surface area contributed by atoms with Gasteiger partial charge in [-0.3, -0.25) is 4.79 Å². The molecule has 0 radical (unpaired) electrons. The average Bonchev–Trinajstić information content (AvgIpc) is 2.84. The van der Waals surface area contributed by atoms with E-state index in [9.17, 15) is 13.2 Å². The van der Waals surface area contributed by atoms with Crippen molar-refractivity contribution in [2.24, 2.45) is 0 Å². The lowest BCUT2D eigenvalue weighted by atomic mass is 10.2. The third-order valence-corrected chi connectivity index (χ3v) is 5.18. The number of nitrogens with zero attached hydrogens (tertiary/aromatic N) is 1. The molecule has 0 saturated carbocycles. The molecule has 2 heterocycles. The highest BCUT2D eigenvalue weighted by molar-refractivity contribution is 7.88. The molecule has 1 aliphatic rings. The fourth-order valence-electron chi connectivity index (χ4n) is 2.49. The van der Waals surface area contributed by atoms with Gasteiger partial charge in [-0.05, 0) is 32.4 Å². The zero-order valence-corrected chi connectivity index (χ0v) is 14.7. The number of carbonyl (C=O) groups excluding carboxylic acids is 1. The van der Waals surface area contributed by atoms with Crippen LogP contribution in [-0.4, -0.2) is 57.3 Å². The molecule has 1 fully saturated rings. The molecule has 1 aromatic rings. The Hall–Kier alpha value is -0.960. The van der Waals surface area contributed by atoms with Gasteiger partial charge < -0.3 is 9.64 Å². The normalized spacial score (nSPS) is 22.8. The average molecular weight is 346 g/mol. The first-order valence-corrected chi connectivity index (χ1v) is 9.93. The monoisotopic (exact) mass is 346 g/mol. The summed E-state index contributed by atoms with van der Waals surface area (Å²) < 4.78 is 30.1. The lowest BCUT2D eigenvalue weighted by Crippen LogP contribution is -2.48. The summed E-state index contributed by atoms with van der Waals surface area (Å²) in [5.41, 5.74) is 0. The number of thiophene rings is 1. The number of morpholine rings is 1. The summed E-state index contributed by atoms with van der Waals surface area (Å²) in [5.74, 6) is 0.0225. The van der Waals surface area contributed by atoms with Crippen molar-refractivity contribution in [3.8, 4) is 0 Å². The Morgan fingerprint density at radius 2 is 2.00 bits per heavy atom. The fourth-order valence-corrected chi connectivity index (χ4v) is 3.93. The maximum atomic E-state index is 12.5. The van der Waals surface area contributed by atoms with E-state index >= 15 is 0 Å². The molecule has 1 aliphatic heterocycles. The van der Waals surface area contributed by atoms with Crippen molar-refractivity contribution in [3.63, 3.8) is 0 Å². The first-order valence-electron chi connectivity index (χ1n) is 7.22. The number of sulfonamides is 1. The van der Waals surface area contributed by atoms with E-state index in [0.717, 1.165) is 11.1 Å². The highest BCUT2D eigenvalue weighted by Crippen LogP contribution is 2.21. The molecule has 8 heteroatoms. The molecule has 1 aromatic heterocycles. The van der Waals surface area contributed by atoms with E-state index in [2.05, 4.69) is 4.72 Å². The number of hydrogen-bond acceptors (Lipinski definition) is 5. The Kier molecular flexibility index (Phi) is 5.60. The van der Waals surface area contributed by atoms with Crippen LogP contribution in [0.3, 0.4) is 0 Å². The van der Waals surface area contributed by atoms with Crippen molar-refractivity contribution < 1.29 is 17.9 Å². The van der Waals surface area contributed by atoms with Gasteiger partial charge >= 0.3 is 0 Å². The van der Waals surface area contributed by atoms with Crippen LogP contribution in [0.25, 0.3) is 0 Å². The molecule has 2 atom stereocenters. The van der Waals surface area contributed by atoms with Crippen LogP contribution >= 0.6 is 11.3 Å². The van der Waals surface area contributed by atoms with Gasteiger partial charge in [-0.15, -0.1) is 11.3 Å². The summed E-state index contributed by atoms with van der Waals surface area (Å²) in [6.07, 6.45) is 1.81. The third-order valence-electron chi connectivity index (χ3n) is 3.31. The summed E-state index contributed by atoms with van der Waals surface area (Å²) in [4.78, 5) is 16.0. The van der Waals surface area contributed by atoms with E-state index in [-0.39, 0.29) is 18.1 Å².